The van der Waals surface area contributed by atoms with Crippen LogP contribution in [0.5, 0.6) is 0 Å². The Bertz CT molecular complexity index is 284. The van der Waals surface area contributed by atoms with Gasteiger partial charge in [-0.15, -0.1) is 0 Å². The molecule has 0 aliphatic heterocycles. The van der Waals surface area contributed by atoms with E-state index in [4.69, 9.17) is 4.74 Å². The van der Waals surface area contributed by atoms with Crippen molar-refractivity contribution < 1.29 is 9.84 Å². The summed E-state index contributed by atoms with van der Waals surface area (Å²) in [6, 6.07) is 4.01. The zero-order valence-electron chi connectivity index (χ0n) is 9.60. The van der Waals surface area contributed by atoms with Gasteiger partial charge in [0.2, 0.25) is 0 Å². The summed E-state index contributed by atoms with van der Waals surface area (Å²) in [4.78, 5) is 4.29. The van der Waals surface area contributed by atoms with Crippen molar-refractivity contribution in [3.05, 3.63) is 29.6 Å². The van der Waals surface area contributed by atoms with Gasteiger partial charge >= 0.3 is 0 Å². The number of nitrogens with zero attached hydrogens (tertiary/aromatic N) is 1. The van der Waals surface area contributed by atoms with Crippen LogP contribution < -0.4 is 0 Å². The molecule has 0 aliphatic carbocycles. The number of aliphatic hydroxyl groups is 1. The van der Waals surface area contributed by atoms with E-state index in [0.717, 1.165) is 12.1 Å². The van der Waals surface area contributed by atoms with Crippen LogP contribution in [0.3, 0.4) is 0 Å². The summed E-state index contributed by atoms with van der Waals surface area (Å²) in [6.45, 7) is 3.95. The van der Waals surface area contributed by atoms with Crippen LogP contribution in [0.15, 0.2) is 18.3 Å². The lowest BCUT2D eigenvalue weighted by Crippen LogP contribution is -2.27. The van der Waals surface area contributed by atoms with Crippen LogP contribution in [0.4, 0.5) is 0 Å². The van der Waals surface area contributed by atoms with Gasteiger partial charge in [0, 0.05) is 25.4 Å². The lowest BCUT2D eigenvalue weighted by molar-refractivity contribution is -0.0000446. The van der Waals surface area contributed by atoms with Crippen LogP contribution in [0, 0.1) is 0 Å². The fourth-order valence-corrected chi connectivity index (χ4v) is 1.32. The molecule has 3 heteroatoms. The number of ether oxygens (including phenoxy) is 1. The van der Waals surface area contributed by atoms with Gasteiger partial charge in [0.1, 0.15) is 0 Å². The summed E-state index contributed by atoms with van der Waals surface area (Å²) in [7, 11) is 1.60. The summed E-state index contributed by atoms with van der Waals surface area (Å²) in [6.07, 6.45) is 2.75. The van der Waals surface area contributed by atoms with Crippen LogP contribution in [0.25, 0.3) is 0 Å². The standard InChI is InChI=1S/C12H19NO2/c1-4-10-5-6-11(13-8-10)7-12(14)9(2)15-3/h5-6,8-9,12,14H,4,7H2,1-3H3. The summed E-state index contributed by atoms with van der Waals surface area (Å²) in [5.74, 6) is 0. The molecular weight excluding hydrogens is 190 g/mol. The predicted octanol–water partition coefficient (Wildman–Crippen LogP) is 1.58. The second-order valence-electron chi connectivity index (χ2n) is 3.72. The van der Waals surface area contributed by atoms with Gasteiger partial charge in [-0.2, -0.15) is 0 Å². The molecule has 84 valence electrons. The van der Waals surface area contributed by atoms with E-state index in [2.05, 4.69) is 11.9 Å². The number of hydrogen-bond acceptors (Lipinski definition) is 3. The van der Waals surface area contributed by atoms with Crippen molar-refractivity contribution >= 4 is 0 Å². The summed E-state index contributed by atoms with van der Waals surface area (Å²) < 4.78 is 5.05. The van der Waals surface area contributed by atoms with E-state index in [-0.39, 0.29) is 6.10 Å². The molecule has 0 saturated heterocycles. The Morgan fingerprint density at radius 3 is 2.67 bits per heavy atom. The minimum atomic E-state index is -0.491. The maximum Gasteiger partial charge on any atom is 0.0854 e. The average molecular weight is 209 g/mol. The molecule has 0 saturated carbocycles. The van der Waals surface area contributed by atoms with E-state index in [0.29, 0.717) is 6.42 Å². The number of aromatic nitrogens is 1. The first kappa shape index (κ1) is 12.1. The lowest BCUT2D eigenvalue weighted by Gasteiger charge is -2.16. The molecule has 1 aromatic rings. The molecule has 0 radical (unpaired) electrons. The van der Waals surface area contributed by atoms with Crippen molar-refractivity contribution in [1.82, 2.24) is 4.98 Å². The number of aryl methyl sites for hydroxylation is 1. The van der Waals surface area contributed by atoms with E-state index in [1.807, 2.05) is 25.3 Å². The fourth-order valence-electron chi connectivity index (χ4n) is 1.32. The number of rotatable bonds is 5. The van der Waals surface area contributed by atoms with Crippen molar-refractivity contribution in [2.45, 2.75) is 38.9 Å². The summed E-state index contributed by atoms with van der Waals surface area (Å²) in [5, 5.41) is 9.73. The van der Waals surface area contributed by atoms with Crippen molar-refractivity contribution in [3.8, 4) is 0 Å². The highest BCUT2D eigenvalue weighted by atomic mass is 16.5. The Morgan fingerprint density at radius 1 is 1.47 bits per heavy atom. The van der Waals surface area contributed by atoms with Gasteiger partial charge in [-0.05, 0) is 25.0 Å². The zero-order valence-corrected chi connectivity index (χ0v) is 9.60. The van der Waals surface area contributed by atoms with Crippen molar-refractivity contribution in [3.63, 3.8) is 0 Å². The maximum absolute atomic E-state index is 9.73. The molecular formula is C12H19NO2. The van der Waals surface area contributed by atoms with Gasteiger partial charge < -0.3 is 9.84 Å². The first-order valence-electron chi connectivity index (χ1n) is 5.32. The van der Waals surface area contributed by atoms with Gasteiger partial charge in [0.05, 0.1) is 12.2 Å². The molecule has 0 bridgehead atoms. The highest BCUT2D eigenvalue weighted by molar-refractivity contribution is 5.14. The lowest BCUT2D eigenvalue weighted by atomic mass is 10.1. The number of aliphatic hydroxyl groups excluding tert-OH is 1. The molecule has 2 unspecified atom stereocenters. The van der Waals surface area contributed by atoms with E-state index in [1.165, 1.54) is 5.56 Å². The Morgan fingerprint density at radius 2 is 2.20 bits per heavy atom. The molecule has 1 heterocycles. The van der Waals surface area contributed by atoms with E-state index >= 15 is 0 Å². The normalized spacial score (nSPS) is 14.9. The maximum atomic E-state index is 9.73. The Labute approximate surface area is 91.1 Å². The number of pyridine rings is 1. The first-order valence-corrected chi connectivity index (χ1v) is 5.32. The molecule has 1 N–H and O–H groups in total. The van der Waals surface area contributed by atoms with Crippen LogP contribution in [-0.4, -0.2) is 29.4 Å². The largest absolute Gasteiger partial charge is 0.390 e. The molecule has 1 aromatic heterocycles. The monoisotopic (exact) mass is 209 g/mol. The van der Waals surface area contributed by atoms with Crippen LogP contribution >= 0.6 is 0 Å². The van der Waals surface area contributed by atoms with Gasteiger partial charge in [-0.25, -0.2) is 0 Å². The van der Waals surface area contributed by atoms with Crippen molar-refractivity contribution in [2.24, 2.45) is 0 Å². The Hall–Kier alpha value is -0.930. The van der Waals surface area contributed by atoms with Crippen molar-refractivity contribution in [2.75, 3.05) is 7.11 Å². The van der Waals surface area contributed by atoms with Gasteiger partial charge in [0.25, 0.3) is 0 Å². The summed E-state index contributed by atoms with van der Waals surface area (Å²) in [5.41, 5.74) is 2.12. The fraction of sp³-hybridized carbons (Fsp3) is 0.583. The second-order valence-corrected chi connectivity index (χ2v) is 3.72. The third-order valence-corrected chi connectivity index (χ3v) is 2.63. The van der Waals surface area contributed by atoms with E-state index < -0.39 is 6.10 Å². The Kier molecular flexibility index (Phi) is 4.72. The SMILES string of the molecule is CCc1ccc(CC(O)C(C)OC)nc1. The minimum absolute atomic E-state index is 0.155. The molecule has 0 fully saturated rings. The molecule has 15 heavy (non-hydrogen) atoms. The third-order valence-electron chi connectivity index (χ3n) is 2.63. The topological polar surface area (TPSA) is 42.4 Å². The molecule has 0 aliphatic rings. The minimum Gasteiger partial charge on any atom is -0.390 e. The molecule has 0 aromatic carbocycles. The van der Waals surface area contributed by atoms with Crippen LogP contribution in [-0.2, 0) is 17.6 Å². The molecule has 2 atom stereocenters. The second kappa shape index (κ2) is 5.83. The smallest absolute Gasteiger partial charge is 0.0854 e. The van der Waals surface area contributed by atoms with Crippen LogP contribution in [0.2, 0.25) is 0 Å². The molecule has 1 rings (SSSR count). The average Bonchev–Trinajstić information content (AvgIpc) is 2.29. The zero-order chi connectivity index (χ0) is 11.3. The Balaban J connectivity index is 2.57. The highest BCUT2D eigenvalue weighted by Crippen LogP contribution is 2.07. The van der Waals surface area contributed by atoms with Crippen LogP contribution in [0.1, 0.15) is 25.1 Å². The van der Waals surface area contributed by atoms with Gasteiger partial charge in [-0.1, -0.05) is 13.0 Å². The summed E-state index contributed by atoms with van der Waals surface area (Å²) >= 11 is 0. The van der Waals surface area contributed by atoms with E-state index in [1.54, 1.807) is 7.11 Å². The molecule has 0 spiro atoms. The quantitative estimate of drug-likeness (QED) is 0.800. The predicted molar refractivity (Wildman–Crippen MR) is 59.8 cm³/mol. The third kappa shape index (κ3) is 3.61. The molecule has 3 nitrogen and oxygen atoms in total. The number of methoxy groups -OCH3 is 1. The highest BCUT2D eigenvalue weighted by Gasteiger charge is 2.14. The molecule has 0 amide bonds. The number of hydrogen-bond donors (Lipinski definition) is 1. The first-order chi connectivity index (χ1) is 7.17. The van der Waals surface area contributed by atoms with E-state index in [9.17, 15) is 5.11 Å². The van der Waals surface area contributed by atoms with Gasteiger partial charge in [-0.3, -0.25) is 4.98 Å². The van der Waals surface area contributed by atoms with Crippen molar-refractivity contribution in [1.29, 1.82) is 0 Å². The van der Waals surface area contributed by atoms with Gasteiger partial charge in [0.15, 0.2) is 0 Å².